The number of hydrogen-bond acceptors (Lipinski definition) is 4. The van der Waals surface area contributed by atoms with E-state index >= 15 is 0 Å². The Balaban J connectivity index is 2.36. The molecule has 0 unspecified atom stereocenters. The first-order valence-corrected chi connectivity index (χ1v) is 4.58. The second-order valence-electron chi connectivity index (χ2n) is 2.92. The summed E-state index contributed by atoms with van der Waals surface area (Å²) in [6.07, 6.45) is -1.14. The molecule has 0 bridgehead atoms. The topological polar surface area (TPSA) is 52.0 Å². The van der Waals surface area contributed by atoms with E-state index in [4.69, 9.17) is 4.74 Å². The highest BCUT2D eigenvalue weighted by atomic mass is 19.3. The van der Waals surface area contributed by atoms with Crippen LogP contribution < -0.4 is 5.32 Å². The molecule has 0 saturated heterocycles. The van der Waals surface area contributed by atoms with Gasteiger partial charge in [-0.2, -0.15) is 5.10 Å². The van der Waals surface area contributed by atoms with Crippen molar-refractivity contribution >= 4 is 0 Å². The van der Waals surface area contributed by atoms with E-state index in [0.29, 0.717) is 25.5 Å². The molecular weight excluding hydrogens is 206 g/mol. The lowest BCUT2D eigenvalue weighted by atomic mass is 10.5. The Kier molecular flexibility index (Phi) is 5.13. The molecule has 0 fully saturated rings. The van der Waals surface area contributed by atoms with Gasteiger partial charge >= 0.3 is 0 Å². The van der Waals surface area contributed by atoms with E-state index in [2.05, 4.69) is 15.4 Å². The average Bonchev–Trinajstić information content (AvgIpc) is 2.59. The molecule has 1 N–H and O–H groups in total. The number of ether oxygens (including phenoxy) is 1. The van der Waals surface area contributed by atoms with Gasteiger partial charge in [-0.05, 0) is 0 Å². The van der Waals surface area contributed by atoms with Crippen LogP contribution in [0.2, 0.25) is 0 Å². The van der Waals surface area contributed by atoms with Gasteiger partial charge in [0.25, 0.3) is 6.43 Å². The Hall–Kier alpha value is -1.08. The molecule has 1 rings (SSSR count). The Morgan fingerprint density at radius 3 is 3.07 bits per heavy atom. The predicted molar refractivity (Wildman–Crippen MR) is 49.6 cm³/mol. The normalized spacial score (nSPS) is 11.2. The SMILES string of the molecule is COCCNCc1ncnn1CC(F)F. The molecule has 0 aliphatic heterocycles. The smallest absolute Gasteiger partial charge is 0.257 e. The first kappa shape index (κ1) is 12.0. The number of methoxy groups -OCH3 is 1. The lowest BCUT2D eigenvalue weighted by Gasteiger charge is -2.06. The lowest BCUT2D eigenvalue weighted by Crippen LogP contribution is -2.22. The van der Waals surface area contributed by atoms with Gasteiger partial charge in [-0.25, -0.2) is 18.4 Å². The highest BCUT2D eigenvalue weighted by Crippen LogP contribution is 2.00. The summed E-state index contributed by atoms with van der Waals surface area (Å²) in [6, 6.07) is 0. The Labute approximate surface area is 86.4 Å². The van der Waals surface area contributed by atoms with Gasteiger partial charge in [-0.15, -0.1) is 0 Å². The van der Waals surface area contributed by atoms with Gasteiger partial charge in [0.15, 0.2) is 0 Å². The van der Waals surface area contributed by atoms with Gasteiger partial charge in [0.2, 0.25) is 0 Å². The molecular formula is C8H14F2N4O. The largest absolute Gasteiger partial charge is 0.383 e. The maximum atomic E-state index is 12.1. The fraction of sp³-hybridized carbons (Fsp3) is 0.750. The predicted octanol–water partition coefficient (Wildman–Crippen LogP) is 0.279. The molecule has 1 aromatic rings. The van der Waals surface area contributed by atoms with Crippen LogP contribution >= 0.6 is 0 Å². The molecule has 1 aromatic heterocycles. The zero-order valence-electron chi connectivity index (χ0n) is 8.49. The number of hydrogen-bond donors (Lipinski definition) is 1. The van der Waals surface area contributed by atoms with Crippen LogP contribution in [0.1, 0.15) is 5.82 Å². The number of halogens is 2. The van der Waals surface area contributed by atoms with E-state index in [0.717, 1.165) is 0 Å². The fourth-order valence-corrected chi connectivity index (χ4v) is 1.08. The molecule has 0 aliphatic rings. The van der Waals surface area contributed by atoms with Crippen molar-refractivity contribution in [1.29, 1.82) is 0 Å². The van der Waals surface area contributed by atoms with Gasteiger partial charge in [0.1, 0.15) is 18.7 Å². The van der Waals surface area contributed by atoms with Crippen LogP contribution in [-0.2, 0) is 17.8 Å². The highest BCUT2D eigenvalue weighted by Gasteiger charge is 2.09. The summed E-state index contributed by atoms with van der Waals surface area (Å²) in [5.74, 6) is 0.506. The van der Waals surface area contributed by atoms with Crippen molar-refractivity contribution in [2.45, 2.75) is 19.5 Å². The molecule has 0 spiro atoms. The molecule has 0 saturated carbocycles. The second kappa shape index (κ2) is 6.41. The van der Waals surface area contributed by atoms with E-state index in [1.54, 1.807) is 7.11 Å². The molecule has 7 heteroatoms. The van der Waals surface area contributed by atoms with E-state index < -0.39 is 13.0 Å². The summed E-state index contributed by atoms with van der Waals surface area (Å²) >= 11 is 0. The molecule has 5 nitrogen and oxygen atoms in total. The fourth-order valence-electron chi connectivity index (χ4n) is 1.08. The first-order valence-electron chi connectivity index (χ1n) is 4.58. The third-order valence-corrected chi connectivity index (χ3v) is 1.77. The second-order valence-corrected chi connectivity index (χ2v) is 2.92. The van der Waals surface area contributed by atoms with E-state index in [-0.39, 0.29) is 0 Å². The summed E-state index contributed by atoms with van der Waals surface area (Å²) in [4.78, 5) is 3.88. The van der Waals surface area contributed by atoms with Crippen LogP contribution in [0.15, 0.2) is 6.33 Å². The van der Waals surface area contributed by atoms with Gasteiger partial charge in [-0.1, -0.05) is 0 Å². The van der Waals surface area contributed by atoms with Crippen LogP contribution in [0.25, 0.3) is 0 Å². The summed E-state index contributed by atoms with van der Waals surface area (Å²) < 4.78 is 30.2. The maximum absolute atomic E-state index is 12.1. The third kappa shape index (κ3) is 4.30. The van der Waals surface area contributed by atoms with Gasteiger partial charge in [0.05, 0.1) is 13.2 Å². The van der Waals surface area contributed by atoms with Crippen molar-refractivity contribution in [2.24, 2.45) is 0 Å². The zero-order chi connectivity index (χ0) is 11.1. The maximum Gasteiger partial charge on any atom is 0.257 e. The van der Waals surface area contributed by atoms with Crippen LogP contribution in [0, 0.1) is 0 Å². The quantitative estimate of drug-likeness (QED) is 0.670. The summed E-state index contributed by atoms with van der Waals surface area (Å²) in [6.45, 7) is 1.22. The summed E-state index contributed by atoms with van der Waals surface area (Å²) in [7, 11) is 1.60. The third-order valence-electron chi connectivity index (χ3n) is 1.77. The number of aromatic nitrogens is 3. The van der Waals surface area contributed by atoms with Crippen molar-refractivity contribution in [3.05, 3.63) is 12.2 Å². The van der Waals surface area contributed by atoms with Gasteiger partial charge < -0.3 is 10.1 Å². The van der Waals surface area contributed by atoms with Crippen molar-refractivity contribution in [2.75, 3.05) is 20.3 Å². The molecule has 15 heavy (non-hydrogen) atoms. The monoisotopic (exact) mass is 220 g/mol. The van der Waals surface area contributed by atoms with E-state index in [9.17, 15) is 8.78 Å². The number of rotatable bonds is 7. The number of alkyl halides is 2. The van der Waals surface area contributed by atoms with Crippen molar-refractivity contribution in [3.63, 3.8) is 0 Å². The van der Waals surface area contributed by atoms with Crippen molar-refractivity contribution in [3.8, 4) is 0 Å². The minimum Gasteiger partial charge on any atom is -0.383 e. The lowest BCUT2D eigenvalue weighted by molar-refractivity contribution is 0.120. The van der Waals surface area contributed by atoms with Crippen LogP contribution in [-0.4, -0.2) is 41.5 Å². The van der Waals surface area contributed by atoms with Crippen molar-refractivity contribution < 1.29 is 13.5 Å². The Morgan fingerprint density at radius 1 is 1.60 bits per heavy atom. The molecule has 0 atom stereocenters. The summed E-state index contributed by atoms with van der Waals surface area (Å²) in [5.41, 5.74) is 0. The Bertz CT molecular complexity index is 279. The zero-order valence-corrected chi connectivity index (χ0v) is 8.49. The van der Waals surface area contributed by atoms with Crippen LogP contribution in [0.5, 0.6) is 0 Å². The molecule has 0 radical (unpaired) electrons. The molecule has 0 aromatic carbocycles. The molecule has 0 amide bonds. The van der Waals surface area contributed by atoms with E-state index in [1.165, 1.54) is 11.0 Å². The van der Waals surface area contributed by atoms with Crippen molar-refractivity contribution in [1.82, 2.24) is 20.1 Å². The Morgan fingerprint density at radius 2 is 2.40 bits per heavy atom. The minimum atomic E-state index is -2.41. The highest BCUT2D eigenvalue weighted by molar-refractivity contribution is 4.83. The molecule has 86 valence electrons. The van der Waals surface area contributed by atoms with Gasteiger partial charge in [0, 0.05) is 13.7 Å². The number of nitrogens with zero attached hydrogens (tertiary/aromatic N) is 3. The van der Waals surface area contributed by atoms with Gasteiger partial charge in [-0.3, -0.25) is 0 Å². The first-order chi connectivity index (χ1) is 7.24. The van der Waals surface area contributed by atoms with E-state index in [1.807, 2.05) is 0 Å². The van der Waals surface area contributed by atoms with Crippen LogP contribution in [0.3, 0.4) is 0 Å². The summed E-state index contributed by atoms with van der Waals surface area (Å²) in [5, 5.41) is 6.72. The average molecular weight is 220 g/mol. The minimum absolute atomic E-state index is 0.413. The number of nitrogens with one attached hydrogen (secondary N) is 1. The molecule has 0 aliphatic carbocycles. The molecule has 1 heterocycles. The standard InChI is InChI=1S/C8H14F2N4O/c1-15-3-2-11-4-8-12-6-13-14(8)5-7(9)10/h6-7,11H,2-5H2,1H3. The van der Waals surface area contributed by atoms with Crippen LogP contribution in [0.4, 0.5) is 8.78 Å².